The van der Waals surface area contributed by atoms with Crippen molar-refractivity contribution < 1.29 is 0 Å². The van der Waals surface area contributed by atoms with Crippen LogP contribution in [-0.2, 0) is 10.8 Å². The maximum atomic E-state index is 2.86. The van der Waals surface area contributed by atoms with Crippen molar-refractivity contribution >= 4 is 25.4 Å². The lowest BCUT2D eigenvalue weighted by Gasteiger charge is -2.47. The quantitative estimate of drug-likeness (QED) is 0.310. The minimum atomic E-state index is -1.56. The number of hydrogen-bond donors (Lipinski definition) is 0. The van der Waals surface area contributed by atoms with Crippen molar-refractivity contribution in [2.75, 3.05) is 0 Å². The lowest BCUT2D eigenvalue weighted by Crippen LogP contribution is -2.47. The summed E-state index contributed by atoms with van der Waals surface area (Å²) in [7, 11) is -1.56. The number of rotatable bonds is 4. The highest BCUT2D eigenvalue weighted by Gasteiger charge is 2.60. The topological polar surface area (TPSA) is 0 Å². The van der Waals surface area contributed by atoms with Crippen LogP contribution in [0, 0.1) is 29.6 Å². The van der Waals surface area contributed by atoms with Gasteiger partial charge in [-0.25, -0.2) is 0 Å². The fourth-order valence-electron chi connectivity index (χ4n) is 11.2. The van der Waals surface area contributed by atoms with Gasteiger partial charge in [-0.3, -0.25) is 0 Å². The summed E-state index contributed by atoms with van der Waals surface area (Å²) in [6, 6.07) is 19.6. The van der Waals surface area contributed by atoms with Crippen molar-refractivity contribution in [1.82, 2.24) is 0 Å². The zero-order valence-electron chi connectivity index (χ0n) is 29.3. The maximum absolute atomic E-state index is 2.86. The highest BCUT2D eigenvalue weighted by Crippen LogP contribution is 2.68. The predicted octanol–water partition coefficient (Wildman–Crippen LogP) is 12.5. The fraction of sp³-hybridized carbons (Fsp3) is 0.659. The molecular formula is C41H60SSi. The molecule has 2 heteroatoms. The van der Waals surface area contributed by atoms with E-state index in [2.05, 4.69) is 136 Å². The molecule has 3 saturated carbocycles. The molecule has 43 heavy (non-hydrogen) atoms. The maximum Gasteiger partial charge on any atom is 0.0555 e. The van der Waals surface area contributed by atoms with Gasteiger partial charge < -0.3 is 0 Å². The Kier molecular flexibility index (Phi) is 8.28. The van der Waals surface area contributed by atoms with Gasteiger partial charge in [0.1, 0.15) is 0 Å². The number of benzene rings is 2. The molecular weight excluding hydrogens is 553 g/mol. The van der Waals surface area contributed by atoms with Crippen LogP contribution in [0.4, 0.5) is 0 Å². The molecule has 0 amide bonds. The lowest BCUT2D eigenvalue weighted by molar-refractivity contribution is 0.235. The third-order valence-corrected chi connectivity index (χ3v) is 19.9. The molecule has 6 rings (SSSR count). The van der Waals surface area contributed by atoms with E-state index in [9.17, 15) is 0 Å². The summed E-state index contributed by atoms with van der Waals surface area (Å²) in [5.41, 5.74) is 10.1. The molecule has 0 N–H and O–H groups in total. The summed E-state index contributed by atoms with van der Waals surface area (Å²) in [6.07, 6.45) is 7.17. The zero-order chi connectivity index (χ0) is 31.1. The van der Waals surface area contributed by atoms with Gasteiger partial charge in [-0.05, 0) is 116 Å². The number of thioether (sulfide) groups is 1. The number of allylic oxidation sites excluding steroid dienone is 2. The van der Waals surface area contributed by atoms with Crippen LogP contribution in [0.3, 0.4) is 0 Å². The molecule has 2 aromatic rings. The second kappa shape index (κ2) is 11.2. The van der Waals surface area contributed by atoms with Gasteiger partial charge in [0.05, 0.1) is 8.07 Å². The van der Waals surface area contributed by atoms with Crippen LogP contribution in [0.15, 0.2) is 53.4 Å². The molecule has 4 aliphatic rings. The Bertz CT molecular complexity index is 1330. The van der Waals surface area contributed by atoms with Gasteiger partial charge in [-0.1, -0.05) is 130 Å². The van der Waals surface area contributed by atoms with Crippen LogP contribution in [0.1, 0.15) is 123 Å². The normalized spacial score (nSPS) is 34.9. The van der Waals surface area contributed by atoms with E-state index in [0.717, 1.165) is 51.8 Å². The molecule has 1 aliphatic heterocycles. The summed E-state index contributed by atoms with van der Waals surface area (Å²) >= 11 is 2.29. The third kappa shape index (κ3) is 5.58. The highest BCUT2D eigenvalue weighted by atomic mass is 32.2. The first-order valence-electron chi connectivity index (χ1n) is 17.7. The van der Waals surface area contributed by atoms with E-state index >= 15 is 0 Å². The van der Waals surface area contributed by atoms with Crippen LogP contribution in [0.5, 0.6) is 0 Å². The van der Waals surface area contributed by atoms with Crippen LogP contribution in [0.2, 0.25) is 24.2 Å². The Balaban J connectivity index is 1.24. The van der Waals surface area contributed by atoms with E-state index in [1.807, 2.05) is 0 Å². The van der Waals surface area contributed by atoms with Crippen LogP contribution < -0.4 is 0 Å². The molecule has 0 nitrogen and oxygen atoms in total. The summed E-state index contributed by atoms with van der Waals surface area (Å²) in [6.45, 7) is 27.5. The molecule has 234 valence electrons. The Morgan fingerprint density at radius 1 is 0.674 bits per heavy atom. The van der Waals surface area contributed by atoms with E-state index in [1.54, 1.807) is 16.0 Å². The van der Waals surface area contributed by atoms with Crippen molar-refractivity contribution in [3.05, 3.63) is 75.7 Å². The van der Waals surface area contributed by atoms with Crippen LogP contribution in [0.25, 0.3) is 5.57 Å². The van der Waals surface area contributed by atoms with E-state index in [0.29, 0.717) is 0 Å². The van der Waals surface area contributed by atoms with Crippen LogP contribution in [-0.4, -0.2) is 13.3 Å². The average molecular weight is 613 g/mol. The molecule has 0 bridgehead atoms. The standard InChI is InChI=1S/C41H60SSi/c1-25-23-34-32(28-15-19-30(20-16-28)40(4,5)6)13-12-14-33(34)38(25)43(10,11)39-26(2)24-35-36(27(3)42-37(35)39)29-17-21-31(22-18-29)41(7,8)9/h15-22,25-26,32-35,37-39H,12-14,23-24H2,1-11H3. The molecule has 3 aliphatic carbocycles. The first-order chi connectivity index (χ1) is 20.1. The SMILES string of the molecule is CC1=C(c2ccc(C(C)(C)C)cc2)C2CC(C)C([Si](C)(C)C3C(C)CC4C(c5ccc(C(C)(C)C)cc5)CCCC43)C2S1. The van der Waals surface area contributed by atoms with Gasteiger partial charge in [0.25, 0.3) is 0 Å². The number of fused-ring (bicyclic) bond motifs is 2. The van der Waals surface area contributed by atoms with Gasteiger partial charge in [-0.2, -0.15) is 0 Å². The number of hydrogen-bond acceptors (Lipinski definition) is 1. The van der Waals surface area contributed by atoms with Crippen molar-refractivity contribution in [2.45, 2.75) is 141 Å². The lowest BCUT2D eigenvalue weighted by atomic mass is 9.70. The molecule has 1 heterocycles. The van der Waals surface area contributed by atoms with Gasteiger partial charge in [-0.15, -0.1) is 11.8 Å². The molecule has 0 aromatic heterocycles. The van der Waals surface area contributed by atoms with Gasteiger partial charge in [0.15, 0.2) is 0 Å². The van der Waals surface area contributed by atoms with E-state index < -0.39 is 8.07 Å². The summed E-state index contributed by atoms with van der Waals surface area (Å²) in [5.74, 6) is 5.06. The first-order valence-corrected chi connectivity index (χ1v) is 21.7. The van der Waals surface area contributed by atoms with E-state index in [4.69, 9.17) is 0 Å². The molecule has 0 radical (unpaired) electrons. The van der Waals surface area contributed by atoms with Crippen molar-refractivity contribution in [3.63, 3.8) is 0 Å². The second-order valence-electron chi connectivity index (χ2n) is 18.0. The Morgan fingerprint density at radius 2 is 1.23 bits per heavy atom. The Hall–Kier alpha value is -1.25. The molecule has 0 spiro atoms. The van der Waals surface area contributed by atoms with Gasteiger partial charge in [0, 0.05) is 5.25 Å². The molecule has 3 fully saturated rings. The average Bonchev–Trinajstić information content (AvgIpc) is 3.54. The first kappa shape index (κ1) is 31.7. The fourth-order valence-corrected chi connectivity index (χ4v) is 20.3. The molecule has 0 saturated heterocycles. The summed E-state index contributed by atoms with van der Waals surface area (Å²) < 4.78 is 0. The third-order valence-electron chi connectivity index (χ3n) is 12.9. The largest absolute Gasteiger partial charge is 0.127 e. The highest BCUT2D eigenvalue weighted by molar-refractivity contribution is 8.04. The van der Waals surface area contributed by atoms with Crippen molar-refractivity contribution in [3.8, 4) is 0 Å². The predicted molar refractivity (Wildman–Crippen MR) is 194 cm³/mol. The summed E-state index contributed by atoms with van der Waals surface area (Å²) in [4.78, 5) is 1.62. The van der Waals surface area contributed by atoms with Crippen LogP contribution >= 0.6 is 11.8 Å². The minimum absolute atomic E-state index is 0.210. The zero-order valence-corrected chi connectivity index (χ0v) is 31.1. The molecule has 2 aromatic carbocycles. The van der Waals surface area contributed by atoms with E-state index in [1.165, 1.54) is 48.8 Å². The Morgan fingerprint density at radius 3 is 1.81 bits per heavy atom. The Labute approximate surface area is 270 Å². The molecule has 9 atom stereocenters. The smallest absolute Gasteiger partial charge is 0.0555 e. The van der Waals surface area contributed by atoms with Gasteiger partial charge >= 0.3 is 0 Å². The second-order valence-corrected chi connectivity index (χ2v) is 24.4. The molecule has 9 unspecified atom stereocenters. The van der Waals surface area contributed by atoms with Crippen molar-refractivity contribution in [2.24, 2.45) is 29.6 Å². The van der Waals surface area contributed by atoms with E-state index in [-0.39, 0.29) is 10.8 Å². The van der Waals surface area contributed by atoms with Gasteiger partial charge in [0.2, 0.25) is 0 Å². The minimum Gasteiger partial charge on any atom is -0.127 e. The summed E-state index contributed by atoms with van der Waals surface area (Å²) in [5, 5.41) is 0.796. The van der Waals surface area contributed by atoms with Crippen molar-refractivity contribution in [1.29, 1.82) is 0 Å². The monoisotopic (exact) mass is 612 g/mol.